The summed E-state index contributed by atoms with van der Waals surface area (Å²) < 4.78 is 1.92. The van der Waals surface area contributed by atoms with Gasteiger partial charge in [0.25, 0.3) is 0 Å². The zero-order valence-electron chi connectivity index (χ0n) is 13.4. The van der Waals surface area contributed by atoms with E-state index in [1.165, 1.54) is 4.90 Å². The van der Waals surface area contributed by atoms with E-state index in [1.54, 1.807) is 27.1 Å². The molecule has 1 heterocycles. The molecule has 1 aromatic heterocycles. The Bertz CT molecular complexity index is 658. The molecule has 6 nitrogen and oxygen atoms in total. The van der Waals surface area contributed by atoms with Crippen LogP contribution in [0.25, 0.3) is 11.4 Å². The minimum Gasteiger partial charge on any atom is -0.389 e. The quantitative estimate of drug-likeness (QED) is 0.910. The van der Waals surface area contributed by atoms with E-state index in [-0.39, 0.29) is 12.6 Å². The van der Waals surface area contributed by atoms with Gasteiger partial charge in [-0.25, -0.2) is 9.78 Å². The highest BCUT2D eigenvalue weighted by atomic mass is 16.3. The number of aromatic nitrogens is 2. The molecule has 2 amide bonds. The smallest absolute Gasteiger partial charge is 0.321 e. The van der Waals surface area contributed by atoms with Gasteiger partial charge < -0.3 is 19.9 Å². The maximum atomic E-state index is 12.1. The summed E-state index contributed by atoms with van der Waals surface area (Å²) in [5.74, 6) is 0.834. The average Bonchev–Trinajstić information content (AvgIpc) is 2.83. The van der Waals surface area contributed by atoms with E-state index in [4.69, 9.17) is 0 Å². The number of imidazole rings is 1. The van der Waals surface area contributed by atoms with Crippen LogP contribution in [-0.2, 0) is 7.05 Å². The molecule has 0 bridgehead atoms. The fraction of sp³-hybridized carbons (Fsp3) is 0.375. The molecule has 0 aliphatic carbocycles. The Balaban J connectivity index is 2.11. The van der Waals surface area contributed by atoms with Gasteiger partial charge in [0.05, 0.1) is 12.1 Å². The lowest BCUT2D eigenvalue weighted by Gasteiger charge is -2.25. The maximum Gasteiger partial charge on any atom is 0.321 e. The Kier molecular flexibility index (Phi) is 4.51. The Morgan fingerprint density at radius 1 is 1.45 bits per heavy atom. The SMILES string of the molecule is CN(CC(C)(C)O)C(=O)Nc1cccc(-c2nccn2C)c1. The second-order valence-corrected chi connectivity index (χ2v) is 6.04. The number of nitrogens with zero attached hydrogens (tertiary/aromatic N) is 3. The van der Waals surface area contributed by atoms with Crippen LogP contribution < -0.4 is 5.32 Å². The molecule has 0 spiro atoms. The third-order valence-corrected chi connectivity index (χ3v) is 3.16. The van der Waals surface area contributed by atoms with Crippen LogP contribution in [0.1, 0.15) is 13.8 Å². The number of likely N-dealkylation sites (N-methyl/N-ethyl adjacent to an activating group) is 1. The zero-order valence-corrected chi connectivity index (χ0v) is 13.4. The number of nitrogens with one attached hydrogen (secondary N) is 1. The molecule has 0 aliphatic heterocycles. The number of hydrogen-bond donors (Lipinski definition) is 2. The van der Waals surface area contributed by atoms with Crippen molar-refractivity contribution in [2.45, 2.75) is 19.4 Å². The summed E-state index contributed by atoms with van der Waals surface area (Å²) in [6.07, 6.45) is 3.61. The summed E-state index contributed by atoms with van der Waals surface area (Å²) in [6.45, 7) is 3.58. The van der Waals surface area contributed by atoms with E-state index in [9.17, 15) is 9.90 Å². The Hall–Kier alpha value is -2.34. The zero-order chi connectivity index (χ0) is 16.3. The van der Waals surface area contributed by atoms with Crippen molar-refractivity contribution in [3.63, 3.8) is 0 Å². The summed E-state index contributed by atoms with van der Waals surface area (Å²) in [6, 6.07) is 7.24. The van der Waals surface area contributed by atoms with E-state index < -0.39 is 5.60 Å². The second-order valence-electron chi connectivity index (χ2n) is 6.04. The number of aryl methyl sites for hydroxylation is 1. The van der Waals surface area contributed by atoms with Crippen LogP contribution >= 0.6 is 0 Å². The lowest BCUT2D eigenvalue weighted by molar-refractivity contribution is 0.0550. The number of rotatable bonds is 4. The van der Waals surface area contributed by atoms with Gasteiger partial charge in [-0.2, -0.15) is 0 Å². The molecule has 0 saturated carbocycles. The van der Waals surface area contributed by atoms with E-state index in [0.29, 0.717) is 5.69 Å². The minimum absolute atomic E-state index is 0.248. The molecule has 118 valence electrons. The number of carbonyl (C=O) groups is 1. The van der Waals surface area contributed by atoms with Crippen molar-refractivity contribution in [1.82, 2.24) is 14.5 Å². The van der Waals surface area contributed by atoms with Crippen LogP contribution in [0.4, 0.5) is 10.5 Å². The van der Waals surface area contributed by atoms with Crippen molar-refractivity contribution in [3.8, 4) is 11.4 Å². The van der Waals surface area contributed by atoms with Gasteiger partial charge >= 0.3 is 6.03 Å². The first-order valence-electron chi connectivity index (χ1n) is 7.08. The van der Waals surface area contributed by atoms with E-state index >= 15 is 0 Å². The van der Waals surface area contributed by atoms with Crippen molar-refractivity contribution < 1.29 is 9.90 Å². The number of aliphatic hydroxyl groups is 1. The van der Waals surface area contributed by atoms with Gasteiger partial charge in [-0.3, -0.25) is 0 Å². The molecular weight excluding hydrogens is 280 g/mol. The first-order chi connectivity index (χ1) is 10.3. The molecule has 0 saturated heterocycles. The third kappa shape index (κ3) is 4.08. The lowest BCUT2D eigenvalue weighted by Crippen LogP contribution is -2.41. The fourth-order valence-corrected chi connectivity index (χ4v) is 2.25. The highest BCUT2D eigenvalue weighted by molar-refractivity contribution is 5.89. The first kappa shape index (κ1) is 16.0. The Morgan fingerprint density at radius 2 is 2.18 bits per heavy atom. The van der Waals surface area contributed by atoms with Gasteiger partial charge in [-0.1, -0.05) is 12.1 Å². The van der Waals surface area contributed by atoms with Gasteiger partial charge in [0.15, 0.2) is 0 Å². The van der Waals surface area contributed by atoms with Gasteiger partial charge in [-0.15, -0.1) is 0 Å². The van der Waals surface area contributed by atoms with Crippen LogP contribution in [0, 0.1) is 0 Å². The number of carbonyl (C=O) groups excluding carboxylic acids is 1. The van der Waals surface area contributed by atoms with E-state index in [0.717, 1.165) is 11.4 Å². The highest BCUT2D eigenvalue weighted by Crippen LogP contribution is 2.21. The number of anilines is 1. The van der Waals surface area contributed by atoms with E-state index in [2.05, 4.69) is 10.3 Å². The summed E-state index contributed by atoms with van der Waals surface area (Å²) in [5.41, 5.74) is 0.685. The topological polar surface area (TPSA) is 70.4 Å². The highest BCUT2D eigenvalue weighted by Gasteiger charge is 2.19. The first-order valence-corrected chi connectivity index (χ1v) is 7.08. The van der Waals surface area contributed by atoms with Crippen LogP contribution in [0.3, 0.4) is 0 Å². The van der Waals surface area contributed by atoms with Crippen molar-refractivity contribution in [3.05, 3.63) is 36.7 Å². The minimum atomic E-state index is -0.930. The van der Waals surface area contributed by atoms with Crippen molar-refractivity contribution in [1.29, 1.82) is 0 Å². The predicted molar refractivity (Wildman–Crippen MR) is 86.6 cm³/mol. The largest absolute Gasteiger partial charge is 0.389 e. The fourth-order valence-electron chi connectivity index (χ4n) is 2.25. The Labute approximate surface area is 130 Å². The summed E-state index contributed by atoms with van der Waals surface area (Å²) in [5, 5.41) is 12.6. The maximum absolute atomic E-state index is 12.1. The van der Waals surface area contributed by atoms with Gasteiger partial charge in [0.2, 0.25) is 0 Å². The van der Waals surface area contributed by atoms with Crippen LogP contribution in [0.5, 0.6) is 0 Å². The molecule has 1 aromatic carbocycles. The van der Waals surface area contributed by atoms with Crippen LogP contribution in [0.2, 0.25) is 0 Å². The number of benzene rings is 1. The molecular formula is C16H22N4O2. The van der Waals surface area contributed by atoms with Gasteiger partial charge in [0.1, 0.15) is 5.82 Å². The number of amides is 2. The molecule has 0 radical (unpaired) electrons. The molecule has 0 atom stereocenters. The van der Waals surface area contributed by atoms with Gasteiger partial charge in [0, 0.05) is 37.7 Å². The standard InChI is InChI=1S/C16H22N4O2/c1-16(2,22)11-20(4)15(21)18-13-7-5-6-12(10-13)14-17-8-9-19(14)3/h5-10,22H,11H2,1-4H3,(H,18,21). The molecule has 2 rings (SSSR count). The van der Waals surface area contributed by atoms with Crippen LogP contribution in [0.15, 0.2) is 36.7 Å². The number of urea groups is 1. The molecule has 2 aromatic rings. The molecule has 0 unspecified atom stereocenters. The molecule has 0 aliphatic rings. The normalized spacial score (nSPS) is 11.3. The monoisotopic (exact) mass is 302 g/mol. The predicted octanol–water partition coefficient (Wildman–Crippen LogP) is 2.32. The molecule has 2 N–H and O–H groups in total. The Morgan fingerprint density at radius 3 is 2.77 bits per heavy atom. The molecule has 22 heavy (non-hydrogen) atoms. The number of hydrogen-bond acceptors (Lipinski definition) is 3. The average molecular weight is 302 g/mol. The summed E-state index contributed by atoms with van der Waals surface area (Å²) >= 11 is 0. The lowest BCUT2D eigenvalue weighted by atomic mass is 10.1. The van der Waals surface area contributed by atoms with Crippen molar-refractivity contribution in [2.75, 3.05) is 18.9 Å². The van der Waals surface area contributed by atoms with Gasteiger partial charge in [-0.05, 0) is 26.0 Å². The van der Waals surface area contributed by atoms with Crippen molar-refractivity contribution >= 4 is 11.7 Å². The van der Waals surface area contributed by atoms with Crippen molar-refractivity contribution in [2.24, 2.45) is 7.05 Å². The van der Waals surface area contributed by atoms with E-state index in [1.807, 2.05) is 42.1 Å². The summed E-state index contributed by atoms with van der Waals surface area (Å²) in [4.78, 5) is 17.9. The van der Waals surface area contributed by atoms with Crippen LogP contribution in [-0.4, -0.2) is 44.8 Å². The molecule has 0 fully saturated rings. The molecule has 6 heteroatoms. The third-order valence-electron chi connectivity index (χ3n) is 3.16. The second kappa shape index (κ2) is 6.19. The summed E-state index contributed by atoms with van der Waals surface area (Å²) in [7, 11) is 3.57.